The molecule has 1 N–H and O–H groups in total. The average molecular weight is 280 g/mol. The van der Waals surface area contributed by atoms with Crippen LogP contribution in [0.4, 0.5) is 0 Å². The molecule has 0 radical (unpaired) electrons. The van der Waals surface area contributed by atoms with E-state index in [1.54, 1.807) is 26.0 Å². The van der Waals surface area contributed by atoms with E-state index >= 15 is 0 Å². The summed E-state index contributed by atoms with van der Waals surface area (Å²) in [6.07, 6.45) is -0.630. The molecule has 1 amide bonds. The lowest BCUT2D eigenvalue weighted by Gasteiger charge is -2.22. The van der Waals surface area contributed by atoms with Crippen LogP contribution in [0.3, 0.4) is 0 Å². The smallest absolute Gasteiger partial charge is 0.236 e. The number of aryl methyl sites for hydroxylation is 1. The van der Waals surface area contributed by atoms with Crippen molar-refractivity contribution in [1.29, 1.82) is 0 Å². The van der Waals surface area contributed by atoms with Gasteiger partial charge in [0.15, 0.2) is 0 Å². The third-order valence-corrected chi connectivity index (χ3v) is 2.95. The molecule has 0 aliphatic heterocycles. The molecule has 0 saturated carbocycles. The first-order chi connectivity index (χ1) is 9.40. The zero-order valence-corrected chi connectivity index (χ0v) is 12.7. The summed E-state index contributed by atoms with van der Waals surface area (Å²) in [6, 6.07) is 7.68. The third kappa shape index (κ3) is 5.59. The van der Waals surface area contributed by atoms with Crippen LogP contribution in [0.2, 0.25) is 0 Å². The molecule has 1 unspecified atom stereocenters. The molecule has 20 heavy (non-hydrogen) atoms. The Bertz CT molecular complexity index is 435. The van der Waals surface area contributed by atoms with Gasteiger partial charge in [-0.15, -0.1) is 0 Å². The lowest BCUT2D eigenvalue weighted by atomic mass is 10.2. The average Bonchev–Trinajstić information content (AvgIpc) is 2.37. The topological polar surface area (TPSA) is 53.0 Å². The highest BCUT2D eigenvalue weighted by Gasteiger charge is 2.13. The fourth-order valence-electron chi connectivity index (χ4n) is 1.75. The number of carbonyl (C=O) groups is 1. The van der Waals surface area contributed by atoms with Gasteiger partial charge in [-0.1, -0.05) is 18.2 Å². The number of likely N-dealkylation sites (N-methyl/N-ethyl adjacent to an activating group) is 2. The number of amides is 1. The van der Waals surface area contributed by atoms with E-state index in [2.05, 4.69) is 0 Å². The van der Waals surface area contributed by atoms with Crippen molar-refractivity contribution in [2.75, 3.05) is 40.8 Å². The number of hydrogen-bond donors (Lipinski definition) is 1. The summed E-state index contributed by atoms with van der Waals surface area (Å²) in [4.78, 5) is 14.9. The molecule has 1 rings (SSSR count). The maximum absolute atomic E-state index is 11.5. The molecular weight excluding hydrogens is 256 g/mol. The Hall–Kier alpha value is -1.59. The fraction of sp³-hybridized carbons (Fsp3) is 0.533. The van der Waals surface area contributed by atoms with Gasteiger partial charge in [0, 0.05) is 20.6 Å². The molecule has 0 heterocycles. The Morgan fingerprint density at radius 2 is 1.95 bits per heavy atom. The highest BCUT2D eigenvalue weighted by Crippen LogP contribution is 2.16. The standard InChI is InChI=1S/C15H24N2O3/c1-12-7-5-6-8-14(12)20-11-13(18)9-17(4)10-15(19)16(2)3/h5-8,13,18H,9-11H2,1-4H3. The number of aliphatic hydroxyl groups excluding tert-OH is 1. The first kappa shape index (κ1) is 16.5. The van der Waals surface area contributed by atoms with Crippen molar-refractivity contribution in [1.82, 2.24) is 9.80 Å². The molecule has 1 aromatic carbocycles. The number of nitrogens with zero attached hydrogens (tertiary/aromatic N) is 2. The predicted molar refractivity (Wildman–Crippen MR) is 78.9 cm³/mol. The van der Waals surface area contributed by atoms with Crippen molar-refractivity contribution in [3.8, 4) is 5.75 Å². The largest absolute Gasteiger partial charge is 0.491 e. The first-order valence-corrected chi connectivity index (χ1v) is 6.65. The normalized spacial score (nSPS) is 12.3. The quantitative estimate of drug-likeness (QED) is 0.801. The van der Waals surface area contributed by atoms with Gasteiger partial charge in [-0.2, -0.15) is 0 Å². The van der Waals surface area contributed by atoms with Crippen LogP contribution in [-0.2, 0) is 4.79 Å². The maximum Gasteiger partial charge on any atom is 0.236 e. The number of aliphatic hydroxyl groups is 1. The minimum atomic E-state index is -0.630. The number of benzene rings is 1. The Morgan fingerprint density at radius 1 is 1.30 bits per heavy atom. The lowest BCUT2D eigenvalue weighted by Crippen LogP contribution is -2.39. The Morgan fingerprint density at radius 3 is 2.55 bits per heavy atom. The van der Waals surface area contributed by atoms with Crippen molar-refractivity contribution in [3.05, 3.63) is 29.8 Å². The van der Waals surface area contributed by atoms with Crippen LogP contribution in [0.25, 0.3) is 0 Å². The van der Waals surface area contributed by atoms with Crippen LogP contribution in [-0.4, -0.2) is 67.8 Å². The van der Waals surface area contributed by atoms with E-state index in [0.717, 1.165) is 11.3 Å². The minimum Gasteiger partial charge on any atom is -0.491 e. The lowest BCUT2D eigenvalue weighted by molar-refractivity contribution is -0.129. The van der Waals surface area contributed by atoms with Gasteiger partial charge in [0.1, 0.15) is 18.5 Å². The second kappa shape index (κ2) is 7.87. The Balaban J connectivity index is 2.35. The molecule has 0 aliphatic carbocycles. The number of hydrogen-bond acceptors (Lipinski definition) is 4. The van der Waals surface area contributed by atoms with Crippen LogP contribution < -0.4 is 4.74 Å². The van der Waals surface area contributed by atoms with Crippen molar-refractivity contribution in [2.45, 2.75) is 13.0 Å². The van der Waals surface area contributed by atoms with E-state index in [4.69, 9.17) is 4.74 Å². The molecule has 0 aromatic heterocycles. The SMILES string of the molecule is Cc1ccccc1OCC(O)CN(C)CC(=O)N(C)C. The van der Waals surface area contributed by atoms with Crippen molar-refractivity contribution < 1.29 is 14.6 Å². The molecular formula is C15H24N2O3. The maximum atomic E-state index is 11.5. The predicted octanol–water partition coefficient (Wildman–Crippen LogP) is 0.755. The highest BCUT2D eigenvalue weighted by atomic mass is 16.5. The van der Waals surface area contributed by atoms with Crippen LogP contribution >= 0.6 is 0 Å². The zero-order chi connectivity index (χ0) is 15.1. The molecule has 0 aliphatic rings. The minimum absolute atomic E-state index is 0.0134. The highest BCUT2D eigenvalue weighted by molar-refractivity contribution is 5.77. The summed E-state index contributed by atoms with van der Waals surface area (Å²) >= 11 is 0. The van der Waals surface area contributed by atoms with Gasteiger partial charge in [0.05, 0.1) is 6.54 Å². The van der Waals surface area contributed by atoms with Gasteiger partial charge >= 0.3 is 0 Å². The Labute approximate surface area is 120 Å². The van der Waals surface area contributed by atoms with E-state index in [1.807, 2.05) is 31.2 Å². The van der Waals surface area contributed by atoms with Crippen molar-refractivity contribution >= 4 is 5.91 Å². The monoisotopic (exact) mass is 280 g/mol. The molecule has 1 atom stereocenters. The van der Waals surface area contributed by atoms with Crippen LogP contribution in [0.1, 0.15) is 5.56 Å². The molecule has 1 aromatic rings. The molecule has 5 nitrogen and oxygen atoms in total. The van der Waals surface area contributed by atoms with Gasteiger partial charge in [-0.25, -0.2) is 0 Å². The van der Waals surface area contributed by atoms with E-state index < -0.39 is 6.10 Å². The van der Waals surface area contributed by atoms with Crippen molar-refractivity contribution in [3.63, 3.8) is 0 Å². The summed E-state index contributed by atoms with van der Waals surface area (Å²) in [7, 11) is 5.24. The van der Waals surface area contributed by atoms with Crippen LogP contribution in [0.5, 0.6) is 5.75 Å². The third-order valence-electron chi connectivity index (χ3n) is 2.95. The first-order valence-electron chi connectivity index (χ1n) is 6.65. The van der Waals surface area contributed by atoms with Gasteiger partial charge in [-0.05, 0) is 25.6 Å². The molecule has 0 saturated heterocycles. The molecule has 0 spiro atoms. The summed E-state index contributed by atoms with van der Waals surface area (Å²) in [5.74, 6) is 0.790. The second-order valence-electron chi connectivity index (χ2n) is 5.22. The summed E-state index contributed by atoms with van der Waals surface area (Å²) < 4.78 is 5.58. The fourth-order valence-corrected chi connectivity index (χ4v) is 1.75. The molecule has 5 heteroatoms. The summed E-state index contributed by atoms with van der Waals surface area (Å²) in [5, 5.41) is 9.93. The van der Waals surface area contributed by atoms with E-state index in [0.29, 0.717) is 6.54 Å². The van der Waals surface area contributed by atoms with Gasteiger partial charge in [0.2, 0.25) is 5.91 Å². The van der Waals surface area contributed by atoms with Gasteiger partial charge in [0.25, 0.3) is 0 Å². The Kier molecular flexibility index (Phi) is 6.48. The number of para-hydroxylation sites is 1. The number of carbonyl (C=O) groups excluding carboxylic acids is 1. The van der Waals surface area contributed by atoms with E-state index in [9.17, 15) is 9.90 Å². The zero-order valence-electron chi connectivity index (χ0n) is 12.7. The second-order valence-corrected chi connectivity index (χ2v) is 5.22. The van der Waals surface area contributed by atoms with Gasteiger partial charge in [-0.3, -0.25) is 9.69 Å². The summed E-state index contributed by atoms with van der Waals surface area (Å²) in [6.45, 7) is 2.86. The number of rotatable bonds is 7. The van der Waals surface area contributed by atoms with E-state index in [1.165, 1.54) is 4.90 Å². The molecule has 0 bridgehead atoms. The van der Waals surface area contributed by atoms with Crippen LogP contribution in [0.15, 0.2) is 24.3 Å². The van der Waals surface area contributed by atoms with Gasteiger partial charge < -0.3 is 14.7 Å². The van der Waals surface area contributed by atoms with E-state index in [-0.39, 0.29) is 19.1 Å². The number of ether oxygens (including phenoxy) is 1. The van der Waals surface area contributed by atoms with Crippen LogP contribution in [0, 0.1) is 6.92 Å². The molecule has 112 valence electrons. The molecule has 0 fully saturated rings. The van der Waals surface area contributed by atoms with Crippen molar-refractivity contribution in [2.24, 2.45) is 0 Å². The summed E-state index contributed by atoms with van der Waals surface area (Å²) in [5.41, 5.74) is 1.04.